The fraction of sp³-hybridized carbons (Fsp3) is 0.737. The van der Waals surface area contributed by atoms with E-state index in [1.807, 2.05) is 18.5 Å². The van der Waals surface area contributed by atoms with Crippen LogP contribution in [0.25, 0.3) is 0 Å². The molecule has 3 fully saturated rings. The van der Waals surface area contributed by atoms with Crippen molar-refractivity contribution in [3.05, 3.63) is 30.1 Å². The molecule has 0 bridgehead atoms. The first-order chi connectivity index (χ1) is 11.8. The van der Waals surface area contributed by atoms with E-state index >= 15 is 0 Å². The van der Waals surface area contributed by atoms with E-state index in [0.29, 0.717) is 12.0 Å². The lowest BCUT2D eigenvalue weighted by atomic mass is 9.84. The van der Waals surface area contributed by atoms with Crippen LogP contribution in [0.2, 0.25) is 0 Å². The zero-order valence-corrected chi connectivity index (χ0v) is 14.4. The van der Waals surface area contributed by atoms with Crippen LogP contribution in [0.4, 0.5) is 0 Å². The average molecular weight is 332 g/mol. The lowest BCUT2D eigenvalue weighted by Crippen LogP contribution is -2.65. The zero-order chi connectivity index (χ0) is 16.2. The summed E-state index contributed by atoms with van der Waals surface area (Å²) in [5.74, 6) is 0.681. The second-order valence-electron chi connectivity index (χ2n) is 7.54. The number of hydrogen-bond donors (Lipinski definition) is 0. The van der Waals surface area contributed by atoms with Crippen molar-refractivity contribution in [1.82, 2.24) is 9.88 Å². The lowest BCUT2D eigenvalue weighted by Gasteiger charge is -2.53. The Morgan fingerprint density at radius 1 is 1.21 bits per heavy atom. The summed E-state index contributed by atoms with van der Waals surface area (Å²) in [6.07, 6.45) is 8.51. The van der Waals surface area contributed by atoms with E-state index in [-0.39, 0.29) is 5.60 Å². The van der Waals surface area contributed by atoms with Crippen molar-refractivity contribution in [1.29, 1.82) is 0 Å². The molecule has 4 rings (SSSR count). The molecule has 0 amide bonds. The molecule has 0 radical (unpaired) electrons. The number of ether oxygens (including phenoxy) is 3. The van der Waals surface area contributed by atoms with E-state index in [1.54, 1.807) is 0 Å². The Kier molecular flexibility index (Phi) is 5.13. The first-order valence-electron chi connectivity index (χ1n) is 9.26. The molecule has 1 atom stereocenters. The summed E-state index contributed by atoms with van der Waals surface area (Å²) in [6.45, 7) is 6.51. The molecule has 4 heterocycles. The maximum absolute atomic E-state index is 6.24. The topological polar surface area (TPSA) is 43.8 Å². The van der Waals surface area contributed by atoms with Crippen LogP contribution in [0.15, 0.2) is 24.5 Å². The molecule has 24 heavy (non-hydrogen) atoms. The van der Waals surface area contributed by atoms with E-state index in [9.17, 15) is 0 Å². The molecule has 5 nitrogen and oxygen atoms in total. The van der Waals surface area contributed by atoms with Gasteiger partial charge in [-0.25, -0.2) is 0 Å². The highest BCUT2D eigenvalue weighted by Crippen LogP contribution is 2.36. The molecule has 3 saturated heterocycles. The van der Waals surface area contributed by atoms with Gasteiger partial charge < -0.3 is 14.2 Å². The lowest BCUT2D eigenvalue weighted by molar-refractivity contribution is -0.201. The Labute approximate surface area is 144 Å². The maximum Gasteiger partial charge on any atom is 0.0959 e. The van der Waals surface area contributed by atoms with Gasteiger partial charge in [0.05, 0.1) is 11.7 Å². The molecular weight excluding hydrogens is 304 g/mol. The van der Waals surface area contributed by atoms with Crippen LogP contribution in [-0.2, 0) is 20.8 Å². The monoisotopic (exact) mass is 332 g/mol. The largest absolute Gasteiger partial charge is 0.381 e. The third-order valence-electron chi connectivity index (χ3n) is 5.51. The average Bonchev–Trinajstić information content (AvgIpc) is 2.61. The summed E-state index contributed by atoms with van der Waals surface area (Å²) in [4.78, 5) is 6.64. The van der Waals surface area contributed by atoms with Gasteiger partial charge in [-0.1, -0.05) is 6.07 Å². The third-order valence-corrected chi connectivity index (χ3v) is 5.51. The smallest absolute Gasteiger partial charge is 0.0959 e. The molecule has 1 spiro atoms. The summed E-state index contributed by atoms with van der Waals surface area (Å²) in [5.41, 5.74) is 1.30. The van der Waals surface area contributed by atoms with Crippen LogP contribution >= 0.6 is 0 Å². The molecule has 0 N–H and O–H groups in total. The normalized spacial score (nSPS) is 27.9. The van der Waals surface area contributed by atoms with Gasteiger partial charge in [0.1, 0.15) is 0 Å². The van der Waals surface area contributed by atoms with Gasteiger partial charge in [-0.2, -0.15) is 0 Å². The summed E-state index contributed by atoms with van der Waals surface area (Å²) in [5, 5.41) is 0. The number of rotatable bonds is 5. The van der Waals surface area contributed by atoms with Crippen LogP contribution in [0, 0.1) is 5.92 Å². The summed E-state index contributed by atoms with van der Waals surface area (Å²) in [7, 11) is 0. The summed E-state index contributed by atoms with van der Waals surface area (Å²) < 4.78 is 17.8. The van der Waals surface area contributed by atoms with Crippen LogP contribution in [0.3, 0.4) is 0 Å². The van der Waals surface area contributed by atoms with Crippen molar-refractivity contribution in [2.75, 3.05) is 39.5 Å². The Hall–Kier alpha value is -1.01. The van der Waals surface area contributed by atoms with Gasteiger partial charge in [-0.05, 0) is 36.8 Å². The summed E-state index contributed by atoms with van der Waals surface area (Å²) in [6, 6.07) is 4.14. The van der Waals surface area contributed by atoms with Crippen LogP contribution < -0.4 is 0 Å². The highest BCUT2D eigenvalue weighted by molar-refractivity contribution is 5.11. The molecule has 0 unspecified atom stereocenters. The van der Waals surface area contributed by atoms with E-state index in [4.69, 9.17) is 14.2 Å². The van der Waals surface area contributed by atoms with Crippen LogP contribution in [0.5, 0.6) is 0 Å². The van der Waals surface area contributed by atoms with Gasteiger partial charge >= 0.3 is 0 Å². The molecule has 3 aliphatic rings. The molecule has 1 aromatic heterocycles. The minimum absolute atomic E-state index is 0.0286. The zero-order valence-electron chi connectivity index (χ0n) is 14.4. The predicted octanol–water partition coefficient (Wildman–Crippen LogP) is 2.26. The molecule has 3 aliphatic heterocycles. The van der Waals surface area contributed by atoms with E-state index < -0.39 is 0 Å². The second-order valence-corrected chi connectivity index (χ2v) is 7.54. The van der Waals surface area contributed by atoms with Crippen molar-refractivity contribution in [2.45, 2.75) is 43.9 Å². The van der Waals surface area contributed by atoms with Crippen molar-refractivity contribution in [2.24, 2.45) is 5.92 Å². The Balaban J connectivity index is 1.22. The van der Waals surface area contributed by atoms with E-state index in [0.717, 1.165) is 71.7 Å². The van der Waals surface area contributed by atoms with E-state index in [1.165, 1.54) is 5.56 Å². The van der Waals surface area contributed by atoms with Crippen molar-refractivity contribution < 1.29 is 14.2 Å². The SMILES string of the molecule is c1cncc(CN2CC3(C[C@@H](OCC4CCOCC4)CCO3)C2)c1. The van der Waals surface area contributed by atoms with Crippen molar-refractivity contribution >= 4 is 0 Å². The number of pyridine rings is 1. The Morgan fingerprint density at radius 3 is 2.88 bits per heavy atom. The maximum atomic E-state index is 6.24. The van der Waals surface area contributed by atoms with Gasteiger partial charge in [-0.15, -0.1) is 0 Å². The highest BCUT2D eigenvalue weighted by Gasteiger charge is 2.47. The van der Waals surface area contributed by atoms with Gasteiger partial charge in [0.2, 0.25) is 0 Å². The molecular formula is C19H28N2O3. The Morgan fingerprint density at radius 2 is 2.08 bits per heavy atom. The van der Waals surface area contributed by atoms with Crippen molar-refractivity contribution in [3.63, 3.8) is 0 Å². The standard InChI is InChI=1S/C19H28N2O3/c1-2-17(11-20-6-1)12-21-14-19(15-21)10-18(5-9-24-19)23-13-16-3-7-22-8-4-16/h1-2,6,11,16,18H,3-5,7-10,12-15H2/t18-/m0/s1. The van der Waals surface area contributed by atoms with Crippen LogP contribution in [0.1, 0.15) is 31.2 Å². The number of hydrogen-bond acceptors (Lipinski definition) is 5. The molecule has 132 valence electrons. The first-order valence-corrected chi connectivity index (χ1v) is 9.26. The Bertz CT molecular complexity index is 513. The van der Waals surface area contributed by atoms with Gasteiger partial charge in [0, 0.05) is 64.9 Å². The number of likely N-dealkylation sites (tertiary alicyclic amines) is 1. The highest BCUT2D eigenvalue weighted by atomic mass is 16.5. The molecule has 0 aliphatic carbocycles. The van der Waals surface area contributed by atoms with E-state index in [2.05, 4.69) is 16.0 Å². The third kappa shape index (κ3) is 3.97. The fourth-order valence-electron chi connectivity index (χ4n) is 4.16. The first kappa shape index (κ1) is 16.5. The van der Waals surface area contributed by atoms with Gasteiger partial charge in [-0.3, -0.25) is 9.88 Å². The number of aromatic nitrogens is 1. The summed E-state index contributed by atoms with van der Waals surface area (Å²) >= 11 is 0. The van der Waals surface area contributed by atoms with Crippen LogP contribution in [-0.4, -0.2) is 61.1 Å². The quantitative estimate of drug-likeness (QED) is 0.827. The van der Waals surface area contributed by atoms with Gasteiger partial charge in [0.25, 0.3) is 0 Å². The molecule has 1 aromatic rings. The minimum atomic E-state index is 0.0286. The van der Waals surface area contributed by atoms with Crippen molar-refractivity contribution in [3.8, 4) is 0 Å². The predicted molar refractivity (Wildman–Crippen MR) is 90.7 cm³/mol. The molecule has 0 saturated carbocycles. The molecule has 0 aromatic carbocycles. The fourth-order valence-corrected chi connectivity index (χ4v) is 4.16. The van der Waals surface area contributed by atoms with Gasteiger partial charge in [0.15, 0.2) is 0 Å². The second kappa shape index (κ2) is 7.48. The molecule has 5 heteroatoms. The number of nitrogens with zero attached hydrogens (tertiary/aromatic N) is 2. The minimum Gasteiger partial charge on any atom is -0.381 e.